The van der Waals surface area contributed by atoms with Gasteiger partial charge in [0.15, 0.2) is 0 Å². The Kier molecular flexibility index (Phi) is 4.48. The average molecular weight is 287 g/mol. The van der Waals surface area contributed by atoms with Gasteiger partial charge in [-0.15, -0.1) is 0 Å². The molecule has 0 bridgehead atoms. The molecule has 1 unspecified atom stereocenters. The van der Waals surface area contributed by atoms with Crippen LogP contribution in [0.1, 0.15) is 64.5 Å². The quantitative estimate of drug-likeness (QED) is 0.820. The van der Waals surface area contributed by atoms with E-state index in [0.29, 0.717) is 5.92 Å². The van der Waals surface area contributed by atoms with Crippen molar-refractivity contribution in [2.45, 2.75) is 59.9 Å². The van der Waals surface area contributed by atoms with Gasteiger partial charge < -0.3 is 9.73 Å². The van der Waals surface area contributed by atoms with Crippen molar-refractivity contribution in [3.05, 3.63) is 35.1 Å². The summed E-state index contributed by atoms with van der Waals surface area (Å²) in [5.41, 5.74) is 3.78. The highest BCUT2D eigenvalue weighted by Gasteiger charge is 2.21. The van der Waals surface area contributed by atoms with Gasteiger partial charge >= 0.3 is 0 Å². The van der Waals surface area contributed by atoms with Crippen molar-refractivity contribution < 1.29 is 4.42 Å². The topological polar surface area (TPSA) is 25.2 Å². The first-order valence-electron chi connectivity index (χ1n) is 8.02. The molecule has 1 N–H and O–H groups in total. The third-order valence-electron chi connectivity index (χ3n) is 4.08. The van der Waals surface area contributed by atoms with Gasteiger partial charge in [0.25, 0.3) is 0 Å². The molecule has 116 valence electrons. The lowest BCUT2D eigenvalue weighted by Gasteiger charge is -2.19. The lowest BCUT2D eigenvalue weighted by atomic mass is 9.85. The second-order valence-electron chi connectivity index (χ2n) is 7.39. The van der Waals surface area contributed by atoms with Crippen molar-refractivity contribution in [1.29, 1.82) is 0 Å². The second-order valence-corrected chi connectivity index (χ2v) is 7.39. The smallest absolute Gasteiger partial charge is 0.137 e. The summed E-state index contributed by atoms with van der Waals surface area (Å²) in [6.45, 7) is 16.5. The zero-order valence-corrected chi connectivity index (χ0v) is 14.5. The molecule has 2 nitrogen and oxygen atoms in total. The fraction of sp³-hybridized carbons (Fsp3) is 0.579. The first kappa shape index (κ1) is 16.1. The molecular weight excluding hydrogens is 258 g/mol. The van der Waals surface area contributed by atoms with Crippen LogP contribution in [0, 0.1) is 12.8 Å². The molecule has 2 rings (SSSR count). The molecule has 0 amide bonds. The number of nitrogens with one attached hydrogen (secondary N) is 1. The number of fused-ring (bicyclic) bond motifs is 1. The summed E-state index contributed by atoms with van der Waals surface area (Å²) in [5.74, 6) is 1.56. The van der Waals surface area contributed by atoms with E-state index in [1.807, 2.05) is 0 Å². The normalized spacial score (nSPS) is 14.1. The van der Waals surface area contributed by atoms with E-state index in [1.165, 1.54) is 16.5 Å². The van der Waals surface area contributed by atoms with E-state index in [9.17, 15) is 0 Å². The van der Waals surface area contributed by atoms with Crippen LogP contribution in [0.4, 0.5) is 0 Å². The summed E-state index contributed by atoms with van der Waals surface area (Å²) in [7, 11) is 0. The summed E-state index contributed by atoms with van der Waals surface area (Å²) >= 11 is 0. The highest BCUT2D eigenvalue weighted by molar-refractivity contribution is 5.82. The lowest BCUT2D eigenvalue weighted by Crippen LogP contribution is -2.24. The van der Waals surface area contributed by atoms with Gasteiger partial charge in [0, 0.05) is 5.39 Å². The van der Waals surface area contributed by atoms with Gasteiger partial charge in [0.2, 0.25) is 0 Å². The van der Waals surface area contributed by atoms with Crippen LogP contribution in [0.2, 0.25) is 0 Å². The Morgan fingerprint density at radius 3 is 2.33 bits per heavy atom. The third-order valence-corrected chi connectivity index (χ3v) is 4.08. The lowest BCUT2D eigenvalue weighted by molar-refractivity contribution is 0.356. The molecule has 21 heavy (non-hydrogen) atoms. The first-order valence-corrected chi connectivity index (χ1v) is 8.02. The number of furan rings is 1. The third kappa shape index (κ3) is 3.32. The van der Waals surface area contributed by atoms with Gasteiger partial charge in [-0.05, 0) is 48.1 Å². The van der Waals surface area contributed by atoms with Crippen molar-refractivity contribution in [2.24, 2.45) is 5.92 Å². The van der Waals surface area contributed by atoms with Gasteiger partial charge in [-0.1, -0.05) is 47.6 Å². The van der Waals surface area contributed by atoms with E-state index >= 15 is 0 Å². The molecule has 1 aromatic carbocycles. The molecule has 0 radical (unpaired) electrons. The maximum atomic E-state index is 6.18. The largest absolute Gasteiger partial charge is 0.459 e. The molecule has 0 aliphatic heterocycles. The van der Waals surface area contributed by atoms with Crippen LogP contribution >= 0.6 is 0 Å². The van der Waals surface area contributed by atoms with E-state index in [1.54, 1.807) is 0 Å². The SMILES string of the molecule is CCNC(c1cc2cc(C(C)(C)C)cc(C)c2o1)C(C)C. The Morgan fingerprint density at radius 1 is 1.14 bits per heavy atom. The minimum Gasteiger partial charge on any atom is -0.459 e. The van der Waals surface area contributed by atoms with Crippen molar-refractivity contribution in [1.82, 2.24) is 5.32 Å². The van der Waals surface area contributed by atoms with E-state index in [0.717, 1.165) is 17.9 Å². The van der Waals surface area contributed by atoms with Gasteiger partial charge in [-0.3, -0.25) is 0 Å². The Labute approximate surface area is 128 Å². The molecule has 0 saturated heterocycles. The van der Waals surface area contributed by atoms with Crippen LogP contribution in [0.15, 0.2) is 22.6 Å². The highest BCUT2D eigenvalue weighted by Crippen LogP contribution is 2.33. The maximum absolute atomic E-state index is 6.18. The standard InChI is InChI=1S/C19H29NO/c1-8-20-17(12(2)3)16-11-14-10-15(19(5,6)7)9-13(4)18(14)21-16/h9-12,17,20H,8H2,1-7H3. The van der Waals surface area contributed by atoms with Crippen molar-refractivity contribution in [2.75, 3.05) is 6.54 Å². The van der Waals surface area contributed by atoms with E-state index in [2.05, 4.69) is 72.0 Å². The predicted octanol–water partition coefficient (Wildman–Crippen LogP) is 5.35. The van der Waals surface area contributed by atoms with Crippen LogP contribution in [0.25, 0.3) is 11.0 Å². The average Bonchev–Trinajstić information content (AvgIpc) is 2.78. The van der Waals surface area contributed by atoms with Gasteiger partial charge in [0.1, 0.15) is 11.3 Å². The predicted molar refractivity (Wildman–Crippen MR) is 90.9 cm³/mol. The molecule has 1 aromatic heterocycles. The van der Waals surface area contributed by atoms with E-state index < -0.39 is 0 Å². The fourth-order valence-corrected chi connectivity index (χ4v) is 2.82. The molecule has 0 spiro atoms. The molecular formula is C19H29NO. The zero-order chi connectivity index (χ0) is 15.8. The van der Waals surface area contributed by atoms with E-state index in [4.69, 9.17) is 4.42 Å². The minimum atomic E-state index is 0.162. The van der Waals surface area contributed by atoms with Crippen LogP contribution in [-0.4, -0.2) is 6.54 Å². The van der Waals surface area contributed by atoms with Crippen LogP contribution in [0.5, 0.6) is 0 Å². The summed E-state index contributed by atoms with van der Waals surface area (Å²) in [6.07, 6.45) is 0. The molecule has 0 aliphatic carbocycles. The Balaban J connectivity index is 2.53. The number of rotatable bonds is 4. The number of hydrogen-bond acceptors (Lipinski definition) is 2. The van der Waals surface area contributed by atoms with Crippen LogP contribution in [0.3, 0.4) is 0 Å². The maximum Gasteiger partial charge on any atom is 0.137 e. The van der Waals surface area contributed by atoms with Crippen molar-refractivity contribution >= 4 is 11.0 Å². The molecule has 2 heteroatoms. The number of benzene rings is 1. The highest BCUT2D eigenvalue weighted by atomic mass is 16.3. The summed E-state index contributed by atoms with van der Waals surface area (Å²) in [4.78, 5) is 0. The van der Waals surface area contributed by atoms with Crippen LogP contribution < -0.4 is 5.32 Å². The minimum absolute atomic E-state index is 0.162. The fourth-order valence-electron chi connectivity index (χ4n) is 2.82. The monoisotopic (exact) mass is 287 g/mol. The Morgan fingerprint density at radius 2 is 1.81 bits per heavy atom. The number of aryl methyl sites for hydroxylation is 1. The molecule has 2 aromatic rings. The van der Waals surface area contributed by atoms with Gasteiger partial charge in [0.05, 0.1) is 6.04 Å². The van der Waals surface area contributed by atoms with Crippen molar-refractivity contribution in [3.63, 3.8) is 0 Å². The Bertz CT molecular complexity index is 616. The summed E-state index contributed by atoms with van der Waals surface area (Å²) < 4.78 is 6.18. The van der Waals surface area contributed by atoms with Gasteiger partial charge in [-0.25, -0.2) is 0 Å². The van der Waals surface area contributed by atoms with Crippen LogP contribution in [-0.2, 0) is 5.41 Å². The first-order chi connectivity index (χ1) is 9.74. The second kappa shape index (κ2) is 5.84. The molecule has 0 saturated carbocycles. The van der Waals surface area contributed by atoms with Crippen molar-refractivity contribution in [3.8, 4) is 0 Å². The summed E-state index contributed by atoms with van der Waals surface area (Å²) in [5, 5.41) is 4.75. The molecule has 1 atom stereocenters. The number of hydrogen-bond donors (Lipinski definition) is 1. The molecule has 1 heterocycles. The molecule has 0 fully saturated rings. The summed E-state index contributed by atoms with van der Waals surface area (Å²) in [6, 6.07) is 7.02. The zero-order valence-electron chi connectivity index (χ0n) is 14.5. The van der Waals surface area contributed by atoms with E-state index in [-0.39, 0.29) is 11.5 Å². The van der Waals surface area contributed by atoms with Gasteiger partial charge in [-0.2, -0.15) is 0 Å². The Hall–Kier alpha value is -1.28. The molecule has 0 aliphatic rings.